The smallest absolute Gasteiger partial charge is 0.410 e. The van der Waals surface area contributed by atoms with Crippen LogP contribution in [0, 0.1) is 11.7 Å². The summed E-state index contributed by atoms with van der Waals surface area (Å²) in [5.74, 6) is -0.109. The van der Waals surface area contributed by atoms with E-state index in [4.69, 9.17) is 9.47 Å². The fourth-order valence-corrected chi connectivity index (χ4v) is 5.47. The van der Waals surface area contributed by atoms with Crippen molar-refractivity contribution in [3.63, 3.8) is 0 Å². The van der Waals surface area contributed by atoms with Crippen molar-refractivity contribution in [1.29, 1.82) is 0 Å². The lowest BCUT2D eigenvalue weighted by molar-refractivity contribution is -0.132. The molecule has 1 aromatic carbocycles. The molecule has 1 aromatic rings. The van der Waals surface area contributed by atoms with Crippen LogP contribution in [0.2, 0.25) is 0 Å². The summed E-state index contributed by atoms with van der Waals surface area (Å²) in [4.78, 5) is 40.9. The van der Waals surface area contributed by atoms with Gasteiger partial charge in [0.15, 0.2) is 0 Å². The zero-order valence-electron chi connectivity index (χ0n) is 22.5. The number of likely N-dealkylation sites (tertiary alicyclic amines) is 2. The molecule has 0 spiro atoms. The lowest BCUT2D eigenvalue weighted by Crippen LogP contribution is -2.42. The van der Waals surface area contributed by atoms with Crippen LogP contribution in [0.15, 0.2) is 18.2 Å². The van der Waals surface area contributed by atoms with Crippen molar-refractivity contribution in [3.05, 3.63) is 29.6 Å². The monoisotopic (exact) mass is 532 g/mol. The predicted octanol–water partition coefficient (Wildman–Crippen LogP) is 3.32. The summed E-state index contributed by atoms with van der Waals surface area (Å²) in [6.45, 7) is 7.65. The van der Waals surface area contributed by atoms with E-state index in [1.165, 1.54) is 12.1 Å². The summed E-state index contributed by atoms with van der Waals surface area (Å²) >= 11 is 0. The maximum Gasteiger partial charge on any atom is 0.410 e. The molecule has 3 aliphatic heterocycles. The van der Waals surface area contributed by atoms with Crippen LogP contribution in [-0.4, -0.2) is 85.2 Å². The minimum absolute atomic E-state index is 0.0329. The Morgan fingerprint density at radius 2 is 1.84 bits per heavy atom. The zero-order chi connectivity index (χ0) is 27.1. The van der Waals surface area contributed by atoms with Crippen molar-refractivity contribution in [2.24, 2.45) is 5.92 Å². The minimum atomic E-state index is -0.628. The second kappa shape index (κ2) is 13.3. The number of carbonyl (C=O) groups excluding carboxylic acids is 3. The molecule has 0 saturated carbocycles. The molecule has 3 fully saturated rings. The molecule has 2 atom stereocenters. The van der Waals surface area contributed by atoms with Crippen LogP contribution < -0.4 is 15.4 Å². The largest absolute Gasteiger partial charge is 0.493 e. The first-order valence-corrected chi connectivity index (χ1v) is 14.0. The van der Waals surface area contributed by atoms with Gasteiger partial charge in [0.05, 0.1) is 24.3 Å². The van der Waals surface area contributed by atoms with Crippen molar-refractivity contribution in [3.8, 4) is 5.75 Å². The molecule has 38 heavy (non-hydrogen) atoms. The molecule has 10 heteroatoms. The van der Waals surface area contributed by atoms with Crippen molar-refractivity contribution < 1.29 is 28.2 Å². The van der Waals surface area contributed by atoms with Gasteiger partial charge in [-0.25, -0.2) is 9.18 Å². The number of hydrogen-bond donors (Lipinski definition) is 2. The second-order valence-electron chi connectivity index (χ2n) is 10.9. The lowest BCUT2D eigenvalue weighted by Gasteiger charge is -2.31. The number of rotatable bonds is 9. The summed E-state index contributed by atoms with van der Waals surface area (Å²) in [7, 11) is 0. The van der Waals surface area contributed by atoms with Gasteiger partial charge in [0.1, 0.15) is 11.6 Å². The van der Waals surface area contributed by atoms with E-state index in [2.05, 4.69) is 10.6 Å². The van der Waals surface area contributed by atoms with Gasteiger partial charge < -0.3 is 29.9 Å². The van der Waals surface area contributed by atoms with E-state index in [1.807, 2.05) is 18.7 Å². The Hall–Kier alpha value is -2.88. The van der Waals surface area contributed by atoms with E-state index < -0.39 is 11.7 Å². The maximum absolute atomic E-state index is 14.7. The summed E-state index contributed by atoms with van der Waals surface area (Å²) in [5, 5.41) is 6.04. The Balaban J connectivity index is 1.15. The predicted molar refractivity (Wildman–Crippen MR) is 141 cm³/mol. The highest BCUT2D eigenvalue weighted by atomic mass is 19.1. The van der Waals surface area contributed by atoms with Crippen molar-refractivity contribution >= 4 is 17.9 Å². The van der Waals surface area contributed by atoms with Crippen LogP contribution in [0.5, 0.6) is 5.75 Å². The molecular formula is C28H41FN4O5. The van der Waals surface area contributed by atoms with Gasteiger partial charge in [-0.3, -0.25) is 9.59 Å². The highest BCUT2D eigenvalue weighted by Gasteiger charge is 2.34. The molecule has 0 aromatic heterocycles. The van der Waals surface area contributed by atoms with E-state index in [-0.39, 0.29) is 35.8 Å². The number of ether oxygens (including phenoxy) is 2. The third-order valence-corrected chi connectivity index (χ3v) is 7.60. The molecule has 0 radical (unpaired) electrons. The van der Waals surface area contributed by atoms with Crippen molar-refractivity contribution in [2.45, 2.75) is 77.0 Å². The maximum atomic E-state index is 14.7. The van der Waals surface area contributed by atoms with Crippen LogP contribution in [-0.2, 0) is 9.53 Å². The molecule has 0 bridgehead atoms. The Morgan fingerprint density at radius 3 is 2.53 bits per heavy atom. The van der Waals surface area contributed by atoms with Crippen LogP contribution in [0.1, 0.15) is 69.2 Å². The van der Waals surface area contributed by atoms with Crippen molar-refractivity contribution in [1.82, 2.24) is 20.4 Å². The van der Waals surface area contributed by atoms with Gasteiger partial charge in [0, 0.05) is 44.8 Å². The Bertz CT molecular complexity index is 976. The highest BCUT2D eigenvalue weighted by molar-refractivity contribution is 5.95. The molecule has 210 valence electrons. The molecule has 3 heterocycles. The van der Waals surface area contributed by atoms with Gasteiger partial charge in [-0.15, -0.1) is 0 Å². The van der Waals surface area contributed by atoms with Crippen molar-refractivity contribution in [2.75, 3.05) is 39.3 Å². The molecular weight excluding hydrogens is 491 g/mol. The normalized spacial score (nSPS) is 22.1. The number of halogens is 1. The average molecular weight is 533 g/mol. The quantitative estimate of drug-likeness (QED) is 0.474. The van der Waals surface area contributed by atoms with Gasteiger partial charge in [0.2, 0.25) is 5.91 Å². The molecule has 0 aliphatic carbocycles. The fourth-order valence-electron chi connectivity index (χ4n) is 5.47. The topological polar surface area (TPSA) is 100 Å². The summed E-state index contributed by atoms with van der Waals surface area (Å²) in [6, 6.07) is 3.79. The van der Waals surface area contributed by atoms with Gasteiger partial charge in [-0.1, -0.05) is 0 Å². The van der Waals surface area contributed by atoms with Crippen LogP contribution in [0.4, 0.5) is 9.18 Å². The van der Waals surface area contributed by atoms with Crippen LogP contribution in [0.3, 0.4) is 0 Å². The van der Waals surface area contributed by atoms with E-state index in [0.717, 1.165) is 51.6 Å². The zero-order valence-corrected chi connectivity index (χ0v) is 22.5. The van der Waals surface area contributed by atoms with Gasteiger partial charge >= 0.3 is 6.09 Å². The Labute approximate surface area is 224 Å². The molecule has 3 aliphatic rings. The number of amides is 3. The SMILES string of the molecule is CC(C)OC(=O)N1CCC(CCCOc2ccc(C(=O)N[C@@H]3CN[C@H](C(=O)N4CCCC4)C3)c(F)c2)CC1. The number of nitrogens with zero attached hydrogens (tertiary/aromatic N) is 2. The lowest BCUT2D eigenvalue weighted by atomic mass is 9.92. The Morgan fingerprint density at radius 1 is 1.11 bits per heavy atom. The van der Waals surface area contributed by atoms with E-state index in [1.54, 1.807) is 11.0 Å². The minimum Gasteiger partial charge on any atom is -0.493 e. The van der Waals surface area contributed by atoms with E-state index in [0.29, 0.717) is 44.3 Å². The molecule has 9 nitrogen and oxygen atoms in total. The average Bonchev–Trinajstić information content (AvgIpc) is 3.59. The molecule has 3 amide bonds. The fraction of sp³-hybridized carbons (Fsp3) is 0.679. The summed E-state index contributed by atoms with van der Waals surface area (Å²) in [6.07, 6.45) is 5.92. The molecule has 4 rings (SSSR count). The third-order valence-electron chi connectivity index (χ3n) is 7.60. The molecule has 2 N–H and O–H groups in total. The molecule has 3 saturated heterocycles. The number of hydrogen-bond acceptors (Lipinski definition) is 6. The second-order valence-corrected chi connectivity index (χ2v) is 10.9. The highest BCUT2D eigenvalue weighted by Crippen LogP contribution is 2.24. The Kier molecular flexibility index (Phi) is 9.82. The van der Waals surface area contributed by atoms with Gasteiger partial charge in [-0.05, 0) is 76.8 Å². The number of nitrogens with one attached hydrogen (secondary N) is 2. The number of piperidine rings is 1. The summed E-state index contributed by atoms with van der Waals surface area (Å²) in [5.41, 5.74) is -0.0329. The summed E-state index contributed by atoms with van der Waals surface area (Å²) < 4.78 is 25.7. The van der Waals surface area contributed by atoms with Crippen LogP contribution >= 0.6 is 0 Å². The van der Waals surface area contributed by atoms with Crippen LogP contribution in [0.25, 0.3) is 0 Å². The van der Waals surface area contributed by atoms with E-state index >= 15 is 0 Å². The number of carbonyl (C=O) groups is 3. The first-order chi connectivity index (χ1) is 18.3. The number of benzene rings is 1. The first-order valence-electron chi connectivity index (χ1n) is 14.0. The standard InChI is InChI=1S/C28H41FN4O5/c1-19(2)38-28(36)33-13-9-20(10-14-33)6-5-15-37-22-7-8-23(24(29)17-22)26(34)31-21-16-25(30-18-21)27(35)32-11-3-4-12-32/h7-8,17,19-21,25,30H,3-6,9-16,18H2,1-2H3,(H,31,34)/t21-,25-/m0/s1. The molecule has 0 unspecified atom stereocenters. The van der Waals surface area contributed by atoms with Gasteiger partial charge in [-0.2, -0.15) is 0 Å². The third kappa shape index (κ3) is 7.58. The van der Waals surface area contributed by atoms with Gasteiger partial charge in [0.25, 0.3) is 5.91 Å². The van der Waals surface area contributed by atoms with E-state index in [9.17, 15) is 18.8 Å². The first kappa shape index (κ1) is 28.1.